The maximum atomic E-state index is 12.4. The second-order valence-electron chi connectivity index (χ2n) is 4.30. The fraction of sp³-hybridized carbons (Fsp3) is 0.312. The van der Waals surface area contributed by atoms with Gasteiger partial charge in [0.1, 0.15) is 0 Å². The van der Waals surface area contributed by atoms with Crippen LogP contribution in [0.2, 0.25) is 0 Å². The molecule has 1 rings (SSSR count). The number of halogens is 1. The SMILES string of the molecule is C=CCC(CC=C)(C(=O)OCC)c1ccc(Br)cc1. The van der Waals surface area contributed by atoms with E-state index in [1.165, 1.54) is 0 Å². The molecular weight excluding hydrogens is 304 g/mol. The van der Waals surface area contributed by atoms with E-state index in [1.807, 2.05) is 31.2 Å². The summed E-state index contributed by atoms with van der Waals surface area (Å²) in [6, 6.07) is 7.73. The van der Waals surface area contributed by atoms with E-state index >= 15 is 0 Å². The van der Waals surface area contributed by atoms with Crippen LogP contribution < -0.4 is 0 Å². The molecule has 2 nitrogen and oxygen atoms in total. The van der Waals surface area contributed by atoms with Crippen LogP contribution in [-0.4, -0.2) is 12.6 Å². The molecule has 0 aliphatic heterocycles. The average Bonchev–Trinajstić information content (AvgIpc) is 2.39. The Balaban J connectivity index is 3.28. The van der Waals surface area contributed by atoms with E-state index in [9.17, 15) is 4.79 Å². The van der Waals surface area contributed by atoms with E-state index in [0.717, 1.165) is 10.0 Å². The smallest absolute Gasteiger partial charge is 0.317 e. The van der Waals surface area contributed by atoms with Gasteiger partial charge in [0.25, 0.3) is 0 Å². The van der Waals surface area contributed by atoms with Crippen LogP contribution in [0.25, 0.3) is 0 Å². The molecule has 0 N–H and O–H groups in total. The molecule has 3 heteroatoms. The van der Waals surface area contributed by atoms with Crippen LogP contribution in [0.4, 0.5) is 0 Å². The fourth-order valence-electron chi connectivity index (χ4n) is 2.13. The summed E-state index contributed by atoms with van der Waals surface area (Å²) in [6.07, 6.45) is 4.56. The lowest BCUT2D eigenvalue weighted by Gasteiger charge is -2.30. The normalized spacial score (nSPS) is 10.8. The Kier molecular flexibility index (Phi) is 6.03. The van der Waals surface area contributed by atoms with E-state index in [0.29, 0.717) is 19.4 Å². The summed E-state index contributed by atoms with van der Waals surface area (Å²) in [4.78, 5) is 12.4. The van der Waals surface area contributed by atoms with Crippen molar-refractivity contribution in [2.24, 2.45) is 0 Å². The number of benzene rings is 1. The molecule has 0 heterocycles. The van der Waals surface area contributed by atoms with Gasteiger partial charge in [-0.1, -0.05) is 40.2 Å². The lowest BCUT2D eigenvalue weighted by atomic mass is 9.75. The molecule has 1 aromatic carbocycles. The Morgan fingerprint density at radius 1 is 1.26 bits per heavy atom. The lowest BCUT2D eigenvalue weighted by Crippen LogP contribution is -2.36. The number of carbonyl (C=O) groups excluding carboxylic acids is 1. The maximum Gasteiger partial charge on any atom is 0.317 e. The van der Waals surface area contributed by atoms with Gasteiger partial charge in [0.05, 0.1) is 12.0 Å². The zero-order chi connectivity index (χ0) is 14.3. The molecule has 0 aliphatic carbocycles. The van der Waals surface area contributed by atoms with E-state index < -0.39 is 5.41 Å². The third-order valence-corrected chi connectivity index (χ3v) is 3.58. The van der Waals surface area contributed by atoms with Gasteiger partial charge in [0, 0.05) is 4.47 Å². The van der Waals surface area contributed by atoms with Crippen LogP contribution in [-0.2, 0) is 14.9 Å². The predicted octanol–water partition coefficient (Wildman–Crippen LogP) is 4.40. The summed E-state index contributed by atoms with van der Waals surface area (Å²) in [7, 11) is 0. The minimum absolute atomic E-state index is 0.225. The van der Waals surface area contributed by atoms with Crippen LogP contribution in [0.15, 0.2) is 54.0 Å². The van der Waals surface area contributed by atoms with Crippen LogP contribution >= 0.6 is 15.9 Å². The van der Waals surface area contributed by atoms with Crippen molar-refractivity contribution < 1.29 is 9.53 Å². The summed E-state index contributed by atoms with van der Waals surface area (Å²) in [5.74, 6) is -0.225. The standard InChI is InChI=1S/C16H19BrO2/c1-4-11-16(12-5-2,15(18)19-6-3)13-7-9-14(17)10-8-13/h4-5,7-10H,1-2,6,11-12H2,3H3. The molecule has 0 saturated carbocycles. The molecule has 0 spiro atoms. The molecule has 1 aromatic rings. The highest BCUT2D eigenvalue weighted by Crippen LogP contribution is 2.35. The number of rotatable bonds is 7. The van der Waals surface area contributed by atoms with Crippen LogP contribution in [0.5, 0.6) is 0 Å². The summed E-state index contributed by atoms with van der Waals surface area (Å²) < 4.78 is 6.23. The van der Waals surface area contributed by atoms with Crippen LogP contribution in [0.3, 0.4) is 0 Å². The summed E-state index contributed by atoms with van der Waals surface area (Å²) >= 11 is 3.40. The van der Waals surface area contributed by atoms with E-state index in [1.54, 1.807) is 12.2 Å². The third-order valence-electron chi connectivity index (χ3n) is 3.05. The summed E-state index contributed by atoms with van der Waals surface area (Å²) in [5.41, 5.74) is 0.203. The number of hydrogen-bond donors (Lipinski definition) is 0. The topological polar surface area (TPSA) is 26.3 Å². The molecule has 19 heavy (non-hydrogen) atoms. The van der Waals surface area contributed by atoms with Crippen molar-refractivity contribution in [3.63, 3.8) is 0 Å². The third kappa shape index (κ3) is 3.57. The van der Waals surface area contributed by atoms with Crippen LogP contribution in [0.1, 0.15) is 25.3 Å². The van der Waals surface area contributed by atoms with E-state index in [2.05, 4.69) is 29.1 Å². The second-order valence-corrected chi connectivity index (χ2v) is 5.21. The Labute approximate surface area is 123 Å². The molecule has 0 aliphatic rings. The van der Waals surface area contributed by atoms with Gasteiger partial charge in [0.2, 0.25) is 0 Å². The molecule has 0 unspecified atom stereocenters. The average molecular weight is 323 g/mol. The molecule has 0 radical (unpaired) electrons. The van der Waals surface area contributed by atoms with Gasteiger partial charge in [-0.3, -0.25) is 4.79 Å². The van der Waals surface area contributed by atoms with E-state index in [-0.39, 0.29) is 5.97 Å². The lowest BCUT2D eigenvalue weighted by molar-refractivity contribution is -0.150. The number of hydrogen-bond acceptors (Lipinski definition) is 2. The van der Waals surface area contributed by atoms with Gasteiger partial charge in [-0.2, -0.15) is 0 Å². The number of carbonyl (C=O) groups is 1. The van der Waals surface area contributed by atoms with Gasteiger partial charge < -0.3 is 4.74 Å². The summed E-state index contributed by atoms with van der Waals surface area (Å²) in [6.45, 7) is 9.70. The Bertz CT molecular complexity index is 438. The predicted molar refractivity (Wildman–Crippen MR) is 82.1 cm³/mol. The first kappa shape index (κ1) is 15.7. The molecule has 0 bridgehead atoms. The van der Waals surface area contributed by atoms with Crippen LogP contribution in [0, 0.1) is 0 Å². The minimum Gasteiger partial charge on any atom is -0.465 e. The van der Waals surface area contributed by atoms with Crippen molar-refractivity contribution in [1.82, 2.24) is 0 Å². The van der Waals surface area contributed by atoms with Gasteiger partial charge in [-0.15, -0.1) is 13.2 Å². The number of esters is 1. The molecule has 0 atom stereocenters. The monoisotopic (exact) mass is 322 g/mol. The van der Waals surface area contributed by atoms with Gasteiger partial charge in [0.15, 0.2) is 0 Å². The van der Waals surface area contributed by atoms with E-state index in [4.69, 9.17) is 4.74 Å². The van der Waals surface area contributed by atoms with Gasteiger partial charge >= 0.3 is 5.97 Å². The first-order valence-electron chi connectivity index (χ1n) is 6.25. The highest BCUT2D eigenvalue weighted by molar-refractivity contribution is 9.10. The van der Waals surface area contributed by atoms with Crippen molar-refractivity contribution in [3.05, 3.63) is 59.6 Å². The first-order valence-corrected chi connectivity index (χ1v) is 7.05. The quantitative estimate of drug-likeness (QED) is 0.549. The Morgan fingerprint density at radius 2 is 1.79 bits per heavy atom. The highest BCUT2D eigenvalue weighted by atomic mass is 79.9. The number of allylic oxidation sites excluding steroid dienone is 2. The molecule has 0 aromatic heterocycles. The zero-order valence-corrected chi connectivity index (χ0v) is 12.8. The molecule has 0 saturated heterocycles. The molecule has 102 valence electrons. The van der Waals surface area contributed by atoms with Crippen molar-refractivity contribution >= 4 is 21.9 Å². The molecular formula is C16H19BrO2. The van der Waals surface area contributed by atoms with Gasteiger partial charge in [-0.05, 0) is 37.5 Å². The largest absolute Gasteiger partial charge is 0.465 e. The minimum atomic E-state index is -0.722. The Morgan fingerprint density at radius 3 is 2.21 bits per heavy atom. The van der Waals surface area contributed by atoms with Gasteiger partial charge in [-0.25, -0.2) is 0 Å². The highest BCUT2D eigenvalue weighted by Gasteiger charge is 2.39. The first-order chi connectivity index (χ1) is 9.10. The van der Waals surface area contributed by atoms with Crippen molar-refractivity contribution in [1.29, 1.82) is 0 Å². The summed E-state index contributed by atoms with van der Waals surface area (Å²) in [5, 5.41) is 0. The molecule has 0 fully saturated rings. The fourth-order valence-corrected chi connectivity index (χ4v) is 2.40. The maximum absolute atomic E-state index is 12.4. The van der Waals surface area contributed by atoms with Crippen molar-refractivity contribution in [2.75, 3.05) is 6.61 Å². The van der Waals surface area contributed by atoms with Crippen molar-refractivity contribution in [2.45, 2.75) is 25.2 Å². The zero-order valence-electron chi connectivity index (χ0n) is 11.2. The number of ether oxygens (including phenoxy) is 1. The van der Waals surface area contributed by atoms with Crippen molar-refractivity contribution in [3.8, 4) is 0 Å². The Hall–Kier alpha value is -1.35. The molecule has 0 amide bonds. The second kappa shape index (κ2) is 7.29.